The number of carbonyl (C=O) groups is 2. The molecule has 0 saturated heterocycles. The molecule has 1 fully saturated rings. The molecule has 1 aromatic carbocycles. The molecule has 1 aromatic rings. The summed E-state index contributed by atoms with van der Waals surface area (Å²) in [5.41, 5.74) is 8.24. The highest BCUT2D eigenvalue weighted by molar-refractivity contribution is 5.97. The molecule has 0 aromatic heterocycles. The van der Waals surface area contributed by atoms with Crippen molar-refractivity contribution in [2.75, 3.05) is 18.4 Å². The van der Waals surface area contributed by atoms with Gasteiger partial charge in [0.15, 0.2) is 0 Å². The van der Waals surface area contributed by atoms with Crippen LogP contribution < -0.4 is 11.1 Å². The summed E-state index contributed by atoms with van der Waals surface area (Å²) in [5, 5.41) is 3.28. The average molecular weight is 287 g/mol. The van der Waals surface area contributed by atoms with E-state index in [4.69, 9.17) is 5.73 Å². The Morgan fingerprint density at radius 1 is 1.29 bits per heavy atom. The normalized spacial score (nSPS) is 17.3. The van der Waals surface area contributed by atoms with Gasteiger partial charge in [0.1, 0.15) is 0 Å². The Kier molecular flexibility index (Phi) is 3.82. The summed E-state index contributed by atoms with van der Waals surface area (Å²) in [6, 6.07) is 5.90. The number of nitrogens with two attached hydrogens (primary N) is 1. The molecule has 5 nitrogen and oxygen atoms in total. The lowest BCUT2D eigenvalue weighted by Crippen LogP contribution is -2.44. The van der Waals surface area contributed by atoms with Crippen LogP contribution in [0.25, 0.3) is 0 Å². The fourth-order valence-corrected chi connectivity index (χ4v) is 3.34. The first-order valence-electron chi connectivity index (χ1n) is 7.61. The van der Waals surface area contributed by atoms with Crippen molar-refractivity contribution in [3.63, 3.8) is 0 Å². The van der Waals surface area contributed by atoms with Crippen molar-refractivity contribution in [3.8, 4) is 0 Å². The summed E-state index contributed by atoms with van der Waals surface area (Å²) in [6.07, 6.45) is 5.14. The van der Waals surface area contributed by atoms with E-state index >= 15 is 0 Å². The smallest absolute Gasteiger partial charge is 0.254 e. The lowest BCUT2D eigenvalue weighted by molar-refractivity contribution is -0.119. The highest BCUT2D eigenvalue weighted by Crippen LogP contribution is 2.27. The molecule has 5 heteroatoms. The largest absolute Gasteiger partial charge is 0.384 e. The first kappa shape index (κ1) is 13.9. The van der Waals surface area contributed by atoms with Crippen molar-refractivity contribution >= 4 is 17.5 Å². The predicted molar refractivity (Wildman–Crippen MR) is 81.1 cm³/mol. The van der Waals surface area contributed by atoms with Gasteiger partial charge in [-0.25, -0.2) is 0 Å². The van der Waals surface area contributed by atoms with Gasteiger partial charge in [0, 0.05) is 23.8 Å². The molecular weight excluding hydrogens is 266 g/mol. The zero-order chi connectivity index (χ0) is 14.8. The molecule has 2 amide bonds. The number of benzene rings is 1. The van der Waals surface area contributed by atoms with Crippen molar-refractivity contribution in [2.24, 2.45) is 5.73 Å². The molecule has 1 saturated carbocycles. The summed E-state index contributed by atoms with van der Waals surface area (Å²) in [5.74, 6) is -0.535. The summed E-state index contributed by atoms with van der Waals surface area (Å²) < 4.78 is 0. The molecule has 1 heterocycles. The third kappa shape index (κ3) is 2.86. The van der Waals surface area contributed by atoms with E-state index in [1.807, 2.05) is 18.2 Å². The molecule has 0 unspecified atom stereocenters. The fraction of sp³-hybridized carbons (Fsp3) is 0.500. The van der Waals surface area contributed by atoms with Crippen LogP contribution in [-0.2, 0) is 11.2 Å². The molecule has 0 bridgehead atoms. The maximum absolute atomic E-state index is 12.8. The number of carbonyl (C=O) groups excluding carboxylic acids is 2. The predicted octanol–water partition coefficient (Wildman–Crippen LogP) is 1.52. The van der Waals surface area contributed by atoms with Crippen LogP contribution >= 0.6 is 0 Å². The monoisotopic (exact) mass is 287 g/mol. The van der Waals surface area contributed by atoms with E-state index in [9.17, 15) is 9.59 Å². The third-order valence-corrected chi connectivity index (χ3v) is 4.42. The van der Waals surface area contributed by atoms with Crippen LogP contribution in [0.2, 0.25) is 0 Å². The summed E-state index contributed by atoms with van der Waals surface area (Å²) in [6.45, 7) is 0.925. The van der Waals surface area contributed by atoms with E-state index in [1.54, 1.807) is 4.90 Å². The summed E-state index contributed by atoms with van der Waals surface area (Å²) in [7, 11) is 0. The van der Waals surface area contributed by atoms with Gasteiger partial charge in [0.2, 0.25) is 5.91 Å². The Hall–Kier alpha value is -2.04. The number of nitrogens with zero attached hydrogens (tertiary/aromatic N) is 1. The van der Waals surface area contributed by atoms with Gasteiger partial charge in [0.25, 0.3) is 5.91 Å². The highest BCUT2D eigenvalue weighted by Gasteiger charge is 2.29. The van der Waals surface area contributed by atoms with Crippen LogP contribution in [0.5, 0.6) is 0 Å². The number of anilines is 1. The van der Waals surface area contributed by atoms with Crippen molar-refractivity contribution < 1.29 is 9.59 Å². The number of rotatable bonds is 4. The van der Waals surface area contributed by atoms with Crippen molar-refractivity contribution in [1.82, 2.24) is 4.90 Å². The second kappa shape index (κ2) is 5.76. The average Bonchev–Trinajstić information content (AvgIpc) is 3.13. The van der Waals surface area contributed by atoms with Crippen molar-refractivity contribution in [3.05, 3.63) is 29.3 Å². The quantitative estimate of drug-likeness (QED) is 0.881. The lowest BCUT2D eigenvalue weighted by Gasteiger charge is -2.28. The summed E-state index contributed by atoms with van der Waals surface area (Å²) >= 11 is 0. The van der Waals surface area contributed by atoms with E-state index < -0.39 is 5.91 Å². The lowest BCUT2D eigenvalue weighted by atomic mass is 10.1. The van der Waals surface area contributed by atoms with Gasteiger partial charge < -0.3 is 16.0 Å². The molecule has 0 atom stereocenters. The standard InChI is InChI=1S/C16H21N3O2/c17-15(20)10-19(13-3-1-2-4-13)16(21)12-6-5-11-7-8-18-14(11)9-12/h5-6,9,13,18H,1-4,7-8,10H2,(H2,17,20). The van der Waals surface area contributed by atoms with Gasteiger partial charge in [-0.15, -0.1) is 0 Å². The number of hydrogen-bond acceptors (Lipinski definition) is 3. The number of amides is 2. The van der Waals surface area contributed by atoms with Gasteiger partial charge in [-0.1, -0.05) is 18.9 Å². The molecule has 3 N–H and O–H groups in total. The van der Waals surface area contributed by atoms with Crippen molar-refractivity contribution in [1.29, 1.82) is 0 Å². The molecule has 21 heavy (non-hydrogen) atoms. The fourth-order valence-electron chi connectivity index (χ4n) is 3.34. The molecule has 0 radical (unpaired) electrons. The molecule has 3 rings (SSSR count). The first-order valence-corrected chi connectivity index (χ1v) is 7.61. The van der Waals surface area contributed by atoms with E-state index in [2.05, 4.69) is 5.32 Å². The number of hydrogen-bond donors (Lipinski definition) is 2. The van der Waals surface area contributed by atoms with Gasteiger partial charge in [-0.05, 0) is 37.0 Å². The molecule has 112 valence electrons. The van der Waals surface area contributed by atoms with Crippen LogP contribution in [0.3, 0.4) is 0 Å². The Morgan fingerprint density at radius 2 is 2.05 bits per heavy atom. The second-order valence-electron chi connectivity index (χ2n) is 5.89. The molecule has 1 aliphatic heterocycles. The van der Waals surface area contributed by atoms with Crippen LogP contribution in [0.1, 0.15) is 41.6 Å². The molecule has 1 aliphatic carbocycles. The van der Waals surface area contributed by atoms with E-state index in [-0.39, 0.29) is 18.5 Å². The minimum Gasteiger partial charge on any atom is -0.384 e. The third-order valence-electron chi connectivity index (χ3n) is 4.42. The van der Waals surface area contributed by atoms with Gasteiger partial charge >= 0.3 is 0 Å². The van der Waals surface area contributed by atoms with Gasteiger partial charge in [-0.2, -0.15) is 0 Å². The van der Waals surface area contributed by atoms with Crippen LogP contribution in [0.15, 0.2) is 18.2 Å². The maximum Gasteiger partial charge on any atom is 0.254 e. The maximum atomic E-state index is 12.8. The van der Waals surface area contributed by atoms with Gasteiger partial charge in [0.05, 0.1) is 6.54 Å². The van der Waals surface area contributed by atoms with E-state index in [0.29, 0.717) is 5.56 Å². The highest BCUT2D eigenvalue weighted by atomic mass is 16.2. The Morgan fingerprint density at radius 3 is 2.76 bits per heavy atom. The number of primary amides is 1. The molecule has 2 aliphatic rings. The Labute approximate surface area is 124 Å². The SMILES string of the molecule is NC(=O)CN(C(=O)c1ccc2c(c1)NCC2)C1CCCC1. The zero-order valence-corrected chi connectivity index (χ0v) is 12.1. The van der Waals surface area contributed by atoms with Crippen LogP contribution in [-0.4, -0.2) is 35.8 Å². The minimum absolute atomic E-state index is 0.00795. The van der Waals surface area contributed by atoms with Crippen LogP contribution in [0.4, 0.5) is 5.69 Å². The van der Waals surface area contributed by atoms with Crippen molar-refractivity contribution in [2.45, 2.75) is 38.1 Å². The number of fused-ring (bicyclic) bond motifs is 1. The summed E-state index contributed by atoms with van der Waals surface area (Å²) in [4.78, 5) is 25.7. The van der Waals surface area contributed by atoms with E-state index in [1.165, 1.54) is 5.56 Å². The molecule has 0 spiro atoms. The second-order valence-corrected chi connectivity index (χ2v) is 5.89. The number of nitrogens with one attached hydrogen (secondary N) is 1. The van der Waals surface area contributed by atoms with E-state index in [0.717, 1.165) is 44.3 Å². The Balaban J connectivity index is 1.84. The first-order chi connectivity index (χ1) is 10.1. The zero-order valence-electron chi connectivity index (χ0n) is 12.1. The Bertz CT molecular complexity index is 565. The van der Waals surface area contributed by atoms with Gasteiger partial charge in [-0.3, -0.25) is 9.59 Å². The topological polar surface area (TPSA) is 75.4 Å². The van der Waals surface area contributed by atoms with Crippen LogP contribution in [0, 0.1) is 0 Å². The minimum atomic E-state index is -0.450. The molecular formula is C16H21N3O2.